The summed E-state index contributed by atoms with van der Waals surface area (Å²) in [4.78, 5) is 20.0. The molecule has 0 saturated carbocycles. The molecule has 2 N–H and O–H groups in total. The van der Waals surface area contributed by atoms with Crippen molar-refractivity contribution in [2.45, 2.75) is 20.8 Å². The van der Waals surface area contributed by atoms with Crippen molar-refractivity contribution in [3.8, 4) is 11.6 Å². The molecule has 6 heteroatoms. The molecule has 0 radical (unpaired) electrons. The lowest BCUT2D eigenvalue weighted by molar-refractivity contribution is -0.123. The number of hydrogen-bond acceptors (Lipinski definition) is 5. The number of benzene rings is 1. The number of amides is 1. The van der Waals surface area contributed by atoms with Gasteiger partial charge in [0.2, 0.25) is 11.8 Å². The molecule has 0 aliphatic rings. The molecule has 1 heterocycles. The molecule has 2 rings (SSSR count). The number of aromatic nitrogens is 2. The molecule has 0 aliphatic heterocycles. The van der Waals surface area contributed by atoms with E-state index in [0.717, 1.165) is 5.69 Å². The second kappa shape index (κ2) is 6.43. The first-order chi connectivity index (χ1) is 10.4. The van der Waals surface area contributed by atoms with Crippen LogP contribution in [0, 0.1) is 5.41 Å². The number of ether oxygens (including phenoxy) is 1. The molecule has 1 amide bonds. The smallest absolute Gasteiger partial charge is 0.230 e. The van der Waals surface area contributed by atoms with E-state index in [-0.39, 0.29) is 5.91 Å². The zero-order valence-corrected chi connectivity index (χ0v) is 13.2. The van der Waals surface area contributed by atoms with E-state index in [2.05, 4.69) is 20.6 Å². The lowest BCUT2D eigenvalue weighted by Crippen LogP contribution is -2.28. The second-order valence-electron chi connectivity index (χ2n) is 5.82. The summed E-state index contributed by atoms with van der Waals surface area (Å²) >= 11 is 0. The van der Waals surface area contributed by atoms with Gasteiger partial charge in [-0.2, -0.15) is 0 Å². The van der Waals surface area contributed by atoms with Crippen LogP contribution in [0.2, 0.25) is 0 Å². The van der Waals surface area contributed by atoms with Crippen molar-refractivity contribution in [1.82, 2.24) is 9.97 Å². The van der Waals surface area contributed by atoms with Crippen molar-refractivity contribution in [1.29, 1.82) is 0 Å². The van der Waals surface area contributed by atoms with Crippen LogP contribution in [0.3, 0.4) is 0 Å². The Morgan fingerprint density at radius 1 is 1.14 bits per heavy atom. The maximum Gasteiger partial charge on any atom is 0.230 e. The largest absolute Gasteiger partial charge is 0.439 e. The van der Waals surface area contributed by atoms with Crippen molar-refractivity contribution < 1.29 is 9.53 Å². The lowest BCUT2D eigenvalue weighted by Gasteiger charge is -2.17. The third-order valence-electron chi connectivity index (χ3n) is 2.93. The Kier molecular flexibility index (Phi) is 4.60. The van der Waals surface area contributed by atoms with E-state index in [1.807, 2.05) is 52.1 Å². The molecule has 0 spiro atoms. The molecule has 116 valence electrons. The quantitative estimate of drug-likeness (QED) is 0.906. The number of hydrogen-bond donors (Lipinski definition) is 2. The number of nitrogens with one attached hydrogen (secondary N) is 2. The number of nitrogens with zero attached hydrogens (tertiary/aromatic N) is 2. The first kappa shape index (κ1) is 15.8. The zero-order valence-electron chi connectivity index (χ0n) is 13.2. The lowest BCUT2D eigenvalue weighted by atomic mass is 9.96. The average molecular weight is 300 g/mol. The summed E-state index contributed by atoms with van der Waals surface area (Å²) in [6.07, 6.45) is 1.36. The van der Waals surface area contributed by atoms with Gasteiger partial charge in [0.25, 0.3) is 0 Å². The van der Waals surface area contributed by atoms with E-state index in [4.69, 9.17) is 4.74 Å². The normalized spacial score (nSPS) is 10.9. The predicted octanol–water partition coefficient (Wildman–Crippen LogP) is 3.30. The summed E-state index contributed by atoms with van der Waals surface area (Å²) in [7, 11) is 1.85. The minimum absolute atomic E-state index is 0.115. The van der Waals surface area contributed by atoms with Crippen LogP contribution in [0.1, 0.15) is 20.8 Å². The SMILES string of the molecule is CNc1ccc(Oc2cc(NC(=O)C(C)(C)C)ncn2)cc1. The Morgan fingerprint density at radius 2 is 1.82 bits per heavy atom. The Labute approximate surface area is 129 Å². The molecule has 0 atom stereocenters. The van der Waals surface area contributed by atoms with E-state index in [1.54, 1.807) is 6.07 Å². The number of anilines is 2. The molecular weight excluding hydrogens is 280 g/mol. The monoisotopic (exact) mass is 300 g/mol. The van der Waals surface area contributed by atoms with Crippen LogP contribution in [0.15, 0.2) is 36.7 Å². The Bertz CT molecular complexity index is 648. The molecule has 0 bridgehead atoms. The summed E-state index contributed by atoms with van der Waals surface area (Å²) in [5.74, 6) is 1.33. The fourth-order valence-corrected chi connectivity index (χ4v) is 1.58. The van der Waals surface area contributed by atoms with Gasteiger partial charge in [-0.15, -0.1) is 0 Å². The van der Waals surface area contributed by atoms with Crippen LogP contribution in [0.5, 0.6) is 11.6 Å². The first-order valence-electron chi connectivity index (χ1n) is 6.97. The van der Waals surface area contributed by atoms with Gasteiger partial charge in [-0.05, 0) is 24.3 Å². The maximum atomic E-state index is 12.0. The highest BCUT2D eigenvalue weighted by molar-refractivity contribution is 5.93. The van der Waals surface area contributed by atoms with Gasteiger partial charge >= 0.3 is 0 Å². The van der Waals surface area contributed by atoms with Crippen LogP contribution in [0.4, 0.5) is 11.5 Å². The molecule has 0 fully saturated rings. The number of rotatable bonds is 4. The van der Waals surface area contributed by atoms with Crippen molar-refractivity contribution in [2.75, 3.05) is 17.7 Å². The predicted molar refractivity (Wildman–Crippen MR) is 86.2 cm³/mol. The van der Waals surface area contributed by atoms with Gasteiger partial charge in [0.15, 0.2) is 0 Å². The van der Waals surface area contributed by atoms with Crippen LogP contribution in [-0.2, 0) is 4.79 Å². The van der Waals surface area contributed by atoms with Crippen LogP contribution in [-0.4, -0.2) is 22.9 Å². The molecule has 1 aromatic carbocycles. The third kappa shape index (κ3) is 4.18. The van der Waals surface area contributed by atoms with Gasteiger partial charge < -0.3 is 15.4 Å². The molecule has 1 aromatic heterocycles. The Hall–Kier alpha value is -2.63. The fraction of sp³-hybridized carbons (Fsp3) is 0.312. The van der Waals surface area contributed by atoms with Crippen molar-refractivity contribution >= 4 is 17.4 Å². The van der Waals surface area contributed by atoms with Crippen LogP contribution in [0.25, 0.3) is 0 Å². The van der Waals surface area contributed by atoms with Gasteiger partial charge in [0.1, 0.15) is 17.9 Å². The van der Waals surface area contributed by atoms with Crippen molar-refractivity contribution in [2.24, 2.45) is 5.41 Å². The van der Waals surface area contributed by atoms with Crippen molar-refractivity contribution in [3.63, 3.8) is 0 Å². The minimum atomic E-state index is -0.491. The molecule has 0 saturated heterocycles. The summed E-state index contributed by atoms with van der Waals surface area (Å²) in [6, 6.07) is 9.07. The highest BCUT2D eigenvalue weighted by atomic mass is 16.5. The van der Waals surface area contributed by atoms with Gasteiger partial charge in [-0.3, -0.25) is 4.79 Å². The molecule has 0 aliphatic carbocycles. The summed E-state index contributed by atoms with van der Waals surface area (Å²) < 4.78 is 5.66. The number of carbonyl (C=O) groups is 1. The van der Waals surface area contributed by atoms with Crippen molar-refractivity contribution in [3.05, 3.63) is 36.7 Å². The molecule has 22 heavy (non-hydrogen) atoms. The third-order valence-corrected chi connectivity index (χ3v) is 2.93. The highest BCUT2D eigenvalue weighted by Gasteiger charge is 2.21. The average Bonchev–Trinajstić information content (AvgIpc) is 2.47. The summed E-state index contributed by atoms with van der Waals surface area (Å²) in [5.41, 5.74) is 0.503. The van der Waals surface area contributed by atoms with Crippen LogP contribution >= 0.6 is 0 Å². The molecular formula is C16H20N4O2. The minimum Gasteiger partial charge on any atom is -0.439 e. The first-order valence-corrected chi connectivity index (χ1v) is 6.97. The molecule has 0 unspecified atom stereocenters. The summed E-state index contributed by atoms with van der Waals surface area (Å²) in [6.45, 7) is 5.51. The maximum absolute atomic E-state index is 12.0. The topological polar surface area (TPSA) is 76.1 Å². The van der Waals surface area contributed by atoms with E-state index in [1.165, 1.54) is 6.33 Å². The standard InChI is InChI=1S/C16H20N4O2/c1-16(2,3)15(21)20-13-9-14(19-10-18-13)22-12-7-5-11(17-4)6-8-12/h5-10,17H,1-4H3,(H,18,19,20,21). The van der Waals surface area contributed by atoms with Gasteiger partial charge in [0, 0.05) is 24.2 Å². The number of carbonyl (C=O) groups excluding carboxylic acids is 1. The highest BCUT2D eigenvalue weighted by Crippen LogP contribution is 2.23. The van der Waals surface area contributed by atoms with Gasteiger partial charge in [-0.1, -0.05) is 20.8 Å². The Morgan fingerprint density at radius 3 is 2.41 bits per heavy atom. The van der Waals surface area contributed by atoms with E-state index in [9.17, 15) is 4.79 Å². The van der Waals surface area contributed by atoms with E-state index < -0.39 is 5.41 Å². The zero-order chi connectivity index (χ0) is 16.2. The molecule has 2 aromatic rings. The van der Waals surface area contributed by atoms with E-state index >= 15 is 0 Å². The van der Waals surface area contributed by atoms with Gasteiger partial charge in [-0.25, -0.2) is 9.97 Å². The van der Waals surface area contributed by atoms with Crippen LogP contribution < -0.4 is 15.4 Å². The Balaban J connectivity index is 2.09. The van der Waals surface area contributed by atoms with Gasteiger partial charge in [0.05, 0.1) is 0 Å². The fourth-order valence-electron chi connectivity index (χ4n) is 1.58. The summed E-state index contributed by atoms with van der Waals surface area (Å²) in [5, 5.41) is 5.78. The van der Waals surface area contributed by atoms with E-state index in [0.29, 0.717) is 17.4 Å². The second-order valence-corrected chi connectivity index (χ2v) is 5.82. The molecule has 6 nitrogen and oxygen atoms in total.